The highest BCUT2D eigenvalue weighted by atomic mass is 16.2. The largest absolute Gasteiger partial charge is 0.339 e. The van der Waals surface area contributed by atoms with Gasteiger partial charge in [-0.2, -0.15) is 0 Å². The van der Waals surface area contributed by atoms with Crippen molar-refractivity contribution in [3.63, 3.8) is 0 Å². The molecule has 15 heavy (non-hydrogen) atoms. The molecule has 0 aromatic rings. The number of likely N-dealkylation sites (tertiary alicyclic amines) is 1. The summed E-state index contributed by atoms with van der Waals surface area (Å²) in [7, 11) is 4.23. The van der Waals surface area contributed by atoms with Gasteiger partial charge in [-0.3, -0.25) is 4.79 Å². The Labute approximate surface area is 92.7 Å². The van der Waals surface area contributed by atoms with Gasteiger partial charge < -0.3 is 9.80 Å². The van der Waals surface area contributed by atoms with Crippen molar-refractivity contribution in [3.8, 4) is 0 Å². The van der Waals surface area contributed by atoms with E-state index in [1.54, 1.807) is 6.08 Å². The van der Waals surface area contributed by atoms with Gasteiger partial charge in [0.25, 0.3) is 0 Å². The Morgan fingerprint density at radius 2 is 2.13 bits per heavy atom. The van der Waals surface area contributed by atoms with Gasteiger partial charge in [-0.1, -0.05) is 13.0 Å². The summed E-state index contributed by atoms with van der Waals surface area (Å²) >= 11 is 0. The van der Waals surface area contributed by atoms with Crippen LogP contribution in [0.2, 0.25) is 0 Å². The standard InChI is InChI=1S/C12H22N2O/c1-5-6-12(15)14-8-7-11(13(3)4)10(2)9-14/h5-6,10-11H,7-9H2,1-4H3/b6-5+. The van der Waals surface area contributed by atoms with Crippen molar-refractivity contribution in [1.82, 2.24) is 9.80 Å². The molecule has 2 unspecified atom stereocenters. The van der Waals surface area contributed by atoms with Crippen LogP contribution in [0.3, 0.4) is 0 Å². The number of rotatable bonds is 2. The first-order valence-corrected chi connectivity index (χ1v) is 5.64. The topological polar surface area (TPSA) is 23.6 Å². The van der Waals surface area contributed by atoms with Crippen molar-refractivity contribution in [2.45, 2.75) is 26.3 Å². The van der Waals surface area contributed by atoms with Crippen molar-refractivity contribution in [1.29, 1.82) is 0 Å². The summed E-state index contributed by atoms with van der Waals surface area (Å²) in [6, 6.07) is 0.611. The third-order valence-corrected chi connectivity index (χ3v) is 3.14. The summed E-state index contributed by atoms with van der Waals surface area (Å²) in [5, 5.41) is 0. The Kier molecular flexibility index (Phi) is 4.33. The fraction of sp³-hybridized carbons (Fsp3) is 0.750. The third kappa shape index (κ3) is 3.06. The summed E-state index contributed by atoms with van der Waals surface area (Å²) in [6.07, 6.45) is 4.55. The second-order valence-corrected chi connectivity index (χ2v) is 4.58. The van der Waals surface area contributed by atoms with Gasteiger partial charge in [0.05, 0.1) is 0 Å². The Morgan fingerprint density at radius 1 is 1.47 bits per heavy atom. The molecular weight excluding hydrogens is 188 g/mol. The van der Waals surface area contributed by atoms with Gasteiger partial charge >= 0.3 is 0 Å². The lowest BCUT2D eigenvalue weighted by molar-refractivity contribution is -0.128. The van der Waals surface area contributed by atoms with Crippen LogP contribution in [0.4, 0.5) is 0 Å². The molecule has 1 heterocycles. The maximum absolute atomic E-state index is 11.6. The van der Waals surface area contributed by atoms with Gasteiger partial charge in [0.1, 0.15) is 0 Å². The predicted octanol–water partition coefficient (Wildman–Crippen LogP) is 1.36. The average molecular weight is 210 g/mol. The molecular formula is C12H22N2O. The third-order valence-electron chi connectivity index (χ3n) is 3.14. The molecule has 0 spiro atoms. The van der Waals surface area contributed by atoms with Gasteiger partial charge in [0.2, 0.25) is 5.91 Å². The van der Waals surface area contributed by atoms with E-state index < -0.39 is 0 Å². The number of hydrogen-bond donors (Lipinski definition) is 0. The highest BCUT2D eigenvalue weighted by Gasteiger charge is 2.28. The summed E-state index contributed by atoms with van der Waals surface area (Å²) < 4.78 is 0. The minimum absolute atomic E-state index is 0.154. The van der Waals surface area contributed by atoms with Gasteiger partial charge in [-0.15, -0.1) is 0 Å². The smallest absolute Gasteiger partial charge is 0.246 e. The van der Waals surface area contributed by atoms with Crippen LogP contribution in [0.1, 0.15) is 20.3 Å². The molecule has 0 radical (unpaired) electrons. The van der Waals surface area contributed by atoms with E-state index in [-0.39, 0.29) is 5.91 Å². The fourth-order valence-electron chi connectivity index (χ4n) is 2.35. The van der Waals surface area contributed by atoms with E-state index in [1.807, 2.05) is 17.9 Å². The van der Waals surface area contributed by atoms with Crippen LogP contribution in [0.15, 0.2) is 12.2 Å². The van der Waals surface area contributed by atoms with Crippen molar-refractivity contribution < 1.29 is 4.79 Å². The normalized spacial score (nSPS) is 27.7. The number of allylic oxidation sites excluding steroid dienone is 1. The molecule has 0 N–H and O–H groups in total. The van der Waals surface area contributed by atoms with E-state index in [9.17, 15) is 4.79 Å². The lowest BCUT2D eigenvalue weighted by Crippen LogP contribution is -2.49. The number of piperidine rings is 1. The first kappa shape index (κ1) is 12.2. The van der Waals surface area contributed by atoms with Gasteiger partial charge in [-0.05, 0) is 39.4 Å². The van der Waals surface area contributed by atoms with Crippen LogP contribution in [0, 0.1) is 5.92 Å². The minimum Gasteiger partial charge on any atom is -0.339 e. The van der Waals surface area contributed by atoms with Gasteiger partial charge in [0, 0.05) is 19.1 Å². The van der Waals surface area contributed by atoms with E-state index >= 15 is 0 Å². The number of hydrogen-bond acceptors (Lipinski definition) is 2. The molecule has 3 heteroatoms. The van der Waals surface area contributed by atoms with Crippen LogP contribution < -0.4 is 0 Å². The number of nitrogens with zero attached hydrogens (tertiary/aromatic N) is 2. The molecule has 0 saturated carbocycles. The molecule has 0 bridgehead atoms. The van der Waals surface area contributed by atoms with E-state index in [0.29, 0.717) is 12.0 Å². The molecule has 0 aromatic carbocycles. The molecule has 1 amide bonds. The monoisotopic (exact) mass is 210 g/mol. The molecule has 0 aliphatic carbocycles. The fourth-order valence-corrected chi connectivity index (χ4v) is 2.35. The lowest BCUT2D eigenvalue weighted by atomic mass is 9.93. The summed E-state index contributed by atoms with van der Waals surface area (Å²) in [6.45, 7) is 5.87. The second-order valence-electron chi connectivity index (χ2n) is 4.58. The Bertz CT molecular complexity index is 248. The Hall–Kier alpha value is -0.830. The van der Waals surface area contributed by atoms with E-state index in [1.165, 1.54) is 0 Å². The summed E-state index contributed by atoms with van der Waals surface area (Å²) in [5.74, 6) is 0.713. The molecule has 1 aliphatic heterocycles. The average Bonchev–Trinajstić information content (AvgIpc) is 2.17. The van der Waals surface area contributed by atoms with Crippen LogP contribution >= 0.6 is 0 Å². The van der Waals surface area contributed by atoms with E-state index in [2.05, 4.69) is 25.9 Å². The predicted molar refractivity (Wildman–Crippen MR) is 62.7 cm³/mol. The molecule has 1 rings (SSSR count). The molecule has 86 valence electrons. The van der Waals surface area contributed by atoms with Gasteiger partial charge in [0.15, 0.2) is 0 Å². The second kappa shape index (κ2) is 5.31. The molecule has 3 nitrogen and oxygen atoms in total. The van der Waals surface area contributed by atoms with Crippen LogP contribution in [0.5, 0.6) is 0 Å². The van der Waals surface area contributed by atoms with E-state index in [0.717, 1.165) is 19.5 Å². The van der Waals surface area contributed by atoms with Crippen LogP contribution in [-0.4, -0.2) is 48.9 Å². The number of carbonyl (C=O) groups excluding carboxylic acids is 1. The molecule has 1 saturated heterocycles. The van der Waals surface area contributed by atoms with Crippen molar-refractivity contribution >= 4 is 5.91 Å². The zero-order valence-electron chi connectivity index (χ0n) is 10.2. The maximum Gasteiger partial charge on any atom is 0.246 e. The SMILES string of the molecule is C/C=C/C(=O)N1CCC(N(C)C)C(C)C1. The zero-order valence-corrected chi connectivity index (χ0v) is 10.2. The number of amides is 1. The first-order valence-electron chi connectivity index (χ1n) is 5.64. The number of carbonyl (C=O) groups is 1. The van der Waals surface area contributed by atoms with E-state index in [4.69, 9.17) is 0 Å². The van der Waals surface area contributed by atoms with Crippen LogP contribution in [-0.2, 0) is 4.79 Å². The van der Waals surface area contributed by atoms with Crippen molar-refractivity contribution in [2.24, 2.45) is 5.92 Å². The molecule has 1 fully saturated rings. The molecule has 0 aromatic heterocycles. The van der Waals surface area contributed by atoms with Gasteiger partial charge in [-0.25, -0.2) is 0 Å². The quantitative estimate of drug-likeness (QED) is 0.643. The highest BCUT2D eigenvalue weighted by molar-refractivity contribution is 5.87. The van der Waals surface area contributed by atoms with Crippen molar-refractivity contribution in [2.75, 3.05) is 27.2 Å². The maximum atomic E-state index is 11.6. The summed E-state index contributed by atoms with van der Waals surface area (Å²) in [4.78, 5) is 15.9. The molecule has 1 aliphatic rings. The Morgan fingerprint density at radius 3 is 2.60 bits per heavy atom. The van der Waals surface area contributed by atoms with Crippen molar-refractivity contribution in [3.05, 3.63) is 12.2 Å². The molecule has 2 atom stereocenters. The lowest BCUT2D eigenvalue weighted by Gasteiger charge is -2.39. The summed E-state index contributed by atoms with van der Waals surface area (Å²) in [5.41, 5.74) is 0. The first-order chi connectivity index (χ1) is 7.06. The van der Waals surface area contributed by atoms with Crippen LogP contribution in [0.25, 0.3) is 0 Å². The zero-order chi connectivity index (χ0) is 11.4. The minimum atomic E-state index is 0.154. The highest BCUT2D eigenvalue weighted by Crippen LogP contribution is 2.20. The Balaban J connectivity index is 2.54.